The number of aromatic amines is 4. The lowest BCUT2D eigenvalue weighted by atomic mass is 9.81. The molecule has 12 aromatic heterocycles. The van der Waals surface area contributed by atoms with Crippen molar-refractivity contribution in [2.75, 3.05) is 96.9 Å². The number of hydrogen-bond donors (Lipinski definition) is 9. The summed E-state index contributed by atoms with van der Waals surface area (Å²) in [5.74, 6) is 3.59. The third-order valence-corrected chi connectivity index (χ3v) is 26.8. The molecule has 0 unspecified atom stereocenters. The number of nitrogens with two attached hydrogens (primary N) is 4. The van der Waals surface area contributed by atoms with E-state index in [0.29, 0.717) is 149 Å². The van der Waals surface area contributed by atoms with Crippen molar-refractivity contribution < 1.29 is 45.9 Å². The number of halogens is 1. The molecule has 14 heterocycles. The third kappa shape index (κ3) is 16.1. The van der Waals surface area contributed by atoms with Crippen molar-refractivity contribution in [3.63, 3.8) is 0 Å². The van der Waals surface area contributed by atoms with Crippen LogP contribution in [0.25, 0.3) is 111 Å². The number of fused-ring (bicyclic) bond motifs is 8. The van der Waals surface area contributed by atoms with Crippen LogP contribution in [-0.4, -0.2) is 238 Å². The van der Waals surface area contributed by atoms with Gasteiger partial charge in [0.05, 0.1) is 73.1 Å². The molecule has 0 bridgehead atoms. The molecule has 0 atom stereocenters. The number of nitrogens with zero attached hydrogens (tertiary/aromatic N) is 20. The van der Waals surface area contributed by atoms with E-state index in [1.165, 1.54) is 44.9 Å². The highest BCUT2D eigenvalue weighted by Gasteiger charge is 2.37. The van der Waals surface area contributed by atoms with E-state index in [1.54, 1.807) is 75.8 Å². The first-order valence-electron chi connectivity index (χ1n) is 41.2. The number of H-pyrrole nitrogens is 4. The van der Waals surface area contributed by atoms with E-state index >= 15 is 0 Å². The molecule has 2 saturated carbocycles. The predicted octanol–water partition coefficient (Wildman–Crippen LogP) is 11.4. The Kier molecular flexibility index (Phi) is 22.7. The average Bonchev–Trinajstić information content (AvgIpc) is 1.66. The highest BCUT2D eigenvalue weighted by Crippen LogP contribution is 2.44. The average molecular weight is 1770 g/mol. The molecule has 20 rings (SSSR count). The summed E-state index contributed by atoms with van der Waals surface area (Å²) in [6.45, 7) is 2.74. The van der Waals surface area contributed by atoms with Gasteiger partial charge in [-0.2, -0.15) is 20.4 Å². The topological polar surface area (TPSA) is 519 Å². The van der Waals surface area contributed by atoms with Crippen LogP contribution in [0.2, 0.25) is 5.02 Å². The molecule has 16 aromatic rings. The molecule has 38 nitrogen and oxygen atoms in total. The Bertz CT molecular complexity index is 7120. The molecule has 4 amide bonds. The number of para-hydroxylation sites is 4. The molecule has 2 aliphatic carbocycles. The van der Waals surface area contributed by atoms with Gasteiger partial charge < -0.3 is 72.3 Å². The minimum absolute atomic E-state index is 0.0358. The molecule has 652 valence electrons. The molecule has 4 fully saturated rings. The van der Waals surface area contributed by atoms with Crippen LogP contribution < -0.4 is 22.9 Å². The fraction of sp³-hybridized carbons (Fsp3) is 0.341. The van der Waals surface area contributed by atoms with Crippen molar-refractivity contribution in [1.29, 1.82) is 0 Å². The lowest BCUT2D eigenvalue weighted by molar-refractivity contribution is -0.146. The number of aliphatic carboxylic acids is 1. The number of carboxylic acids is 1. The summed E-state index contributed by atoms with van der Waals surface area (Å²) in [6.07, 6.45) is 16.8. The number of carbonyl (C=O) groups is 4. The van der Waals surface area contributed by atoms with Crippen LogP contribution in [0.4, 0.5) is 32.9 Å². The lowest BCUT2D eigenvalue weighted by Gasteiger charge is -2.33. The molecule has 0 spiro atoms. The first-order valence-corrected chi connectivity index (χ1v) is 45.3. The van der Waals surface area contributed by atoms with Crippen LogP contribution >= 0.6 is 11.6 Å². The van der Waals surface area contributed by atoms with Gasteiger partial charge in [-0.25, -0.2) is 84.4 Å². The van der Waals surface area contributed by atoms with Gasteiger partial charge in [0.2, 0.25) is 0 Å². The maximum atomic E-state index is 12.3. The van der Waals surface area contributed by atoms with Crippen LogP contribution in [0.15, 0.2) is 138 Å². The van der Waals surface area contributed by atoms with Gasteiger partial charge >= 0.3 is 24.0 Å². The lowest BCUT2D eigenvalue weighted by Crippen LogP contribution is -2.43. The SMILES string of the molecule is CN(C)C(=O)N1CCC(c2nc(-c3cc4cccc(Cl)c4[nH]3)c3c(N)ncnn23)CC1.CN(C)C(=O)N1CCC(c2nc(-c3cc4ccccc4[nH]3)c3c(N)ncnn23)CC1.COC(=O)C1CCC(c2nc(-c3cc4cccc(S(C)(=O)=O)c4[nH]3)c3c(N)ncnn23)CC1.CS(=O)(=O)c1cccc2cc(-c3nc(C4CCC(C(=O)O)CC4)n4ncnc(N)c34)[nH]c12. The first kappa shape index (κ1) is 84.3. The Morgan fingerprint density at radius 2 is 0.746 bits per heavy atom. The maximum Gasteiger partial charge on any atom is 0.319 e. The minimum atomic E-state index is -3.43. The Labute approximate surface area is 725 Å². The number of aromatic nitrogens is 20. The Hall–Kier alpha value is -13.9. The normalized spacial score (nSPS) is 17.3. The number of carboxylic acid groups (broad SMARTS) is 1. The zero-order chi connectivity index (χ0) is 88.5. The first-order chi connectivity index (χ1) is 60.5. The molecule has 13 N–H and O–H groups in total. The summed E-state index contributed by atoms with van der Waals surface area (Å²) in [5, 5.41) is 31.2. The molecule has 126 heavy (non-hydrogen) atoms. The highest BCUT2D eigenvalue weighted by molar-refractivity contribution is 7.91. The molecule has 0 radical (unpaired) electrons. The van der Waals surface area contributed by atoms with Crippen LogP contribution in [0.3, 0.4) is 0 Å². The van der Waals surface area contributed by atoms with Gasteiger partial charge in [0.1, 0.15) is 93.4 Å². The highest BCUT2D eigenvalue weighted by atomic mass is 35.5. The number of anilines is 4. The van der Waals surface area contributed by atoms with Crippen molar-refractivity contribution in [3.05, 3.63) is 157 Å². The van der Waals surface area contributed by atoms with Gasteiger partial charge in [-0.05, 0) is 126 Å². The third-order valence-electron chi connectivity index (χ3n) is 24.2. The number of sulfone groups is 2. The molecule has 2 saturated heterocycles. The summed E-state index contributed by atoms with van der Waals surface area (Å²) in [5.41, 5.74) is 35.8. The number of imidazole rings is 4. The zero-order valence-corrected chi connectivity index (χ0v) is 72.4. The van der Waals surface area contributed by atoms with Gasteiger partial charge in [0.25, 0.3) is 0 Å². The van der Waals surface area contributed by atoms with Crippen molar-refractivity contribution in [2.45, 2.75) is 111 Å². The van der Waals surface area contributed by atoms with Gasteiger partial charge in [0.15, 0.2) is 42.9 Å². The van der Waals surface area contributed by atoms with Crippen LogP contribution in [0.1, 0.15) is 124 Å². The smallest absolute Gasteiger partial charge is 0.319 e. The van der Waals surface area contributed by atoms with Crippen LogP contribution in [0, 0.1) is 11.8 Å². The number of esters is 1. The summed E-state index contributed by atoms with van der Waals surface area (Å²) in [7, 11) is 1.67. The standard InChI is InChI=1S/C22H24N6O4S.C21H23ClN8O.C21H24N8O.C21H22N6O4S/c1-32-22(29)13-8-6-12(7-9-13)21-27-18(19-20(23)24-11-25-28(19)21)15-10-14-4-3-5-16(17(14)26-15)33(2,30)31;1-28(2)21(31)29-8-6-12(7-9-29)20-27-17(18-19(23)24-11-25-30(18)20)15-10-13-4-3-5-14(22)16(13)26-15;1-27(2)21(30)28-9-7-13(8-10-28)20-26-17(18-19(22)23-12-24-29(18)20)16-11-14-5-3-4-6-15(14)25-16;1-32(30,31)15-4-2-3-13-9-14(25-16(13)15)17-18-19(22)23-10-24-27(18)20(26-17)11-5-7-12(8-6-11)21(28)29/h3-5,10-13,26H,6-9H2,1-2H3,(H2,23,24,25);3-5,10-12,26H,6-9H2,1-2H3,(H2,23,24,25);3-6,11-13,25H,7-10H2,1-2H3,(H2,22,23,24);2-4,9-12,25H,5-8H2,1H3,(H,28,29)(H2,22,23,24). The monoisotopic (exact) mass is 1760 g/mol. The number of nitrogen functional groups attached to an aromatic ring is 4. The molecule has 4 aromatic carbocycles. The number of rotatable bonds is 12. The maximum absolute atomic E-state index is 12.3. The Morgan fingerprint density at radius 1 is 0.429 bits per heavy atom. The van der Waals surface area contributed by atoms with Crippen molar-refractivity contribution in [2.24, 2.45) is 11.8 Å². The largest absolute Gasteiger partial charge is 0.481 e. The van der Waals surface area contributed by atoms with Crippen molar-refractivity contribution in [1.82, 2.24) is 118 Å². The van der Waals surface area contributed by atoms with E-state index in [9.17, 15) is 41.1 Å². The van der Waals surface area contributed by atoms with Crippen LogP contribution in [-0.2, 0) is 34.0 Å². The fourth-order valence-corrected chi connectivity index (χ4v) is 19.8. The number of benzene rings is 4. The van der Waals surface area contributed by atoms with Gasteiger partial charge in [-0.15, -0.1) is 0 Å². The van der Waals surface area contributed by atoms with E-state index in [1.807, 2.05) is 81.0 Å². The van der Waals surface area contributed by atoms with Crippen molar-refractivity contribution >= 4 is 144 Å². The van der Waals surface area contributed by atoms with Gasteiger partial charge in [-0.3, -0.25) is 9.59 Å². The van der Waals surface area contributed by atoms with Crippen LogP contribution in [0.5, 0.6) is 0 Å². The minimum Gasteiger partial charge on any atom is -0.481 e. The number of urea groups is 2. The number of amides is 4. The summed E-state index contributed by atoms with van der Waals surface area (Å²) >= 11 is 6.35. The van der Waals surface area contributed by atoms with Gasteiger partial charge in [0, 0.05) is 118 Å². The number of nitrogens with one attached hydrogen (secondary N) is 4. The van der Waals surface area contributed by atoms with Crippen molar-refractivity contribution in [3.8, 4) is 45.6 Å². The van der Waals surface area contributed by atoms with E-state index in [2.05, 4.69) is 72.4 Å². The number of ether oxygens (including phenoxy) is 1. The second-order valence-electron chi connectivity index (χ2n) is 32.7. The molecule has 41 heteroatoms. The molecular weight excluding hydrogens is 1670 g/mol. The van der Waals surface area contributed by atoms with E-state index in [4.69, 9.17) is 59.2 Å². The molecular formula is C85H93ClN28O10S2. The fourth-order valence-electron chi connectivity index (χ4n) is 17.9. The zero-order valence-electron chi connectivity index (χ0n) is 70.0. The number of piperidine rings is 2. The summed E-state index contributed by atoms with van der Waals surface area (Å²) in [6, 6.07) is 32.0. The van der Waals surface area contributed by atoms with E-state index in [-0.39, 0.29) is 75.0 Å². The summed E-state index contributed by atoms with van der Waals surface area (Å²) < 4.78 is 60.8. The molecule has 2 aliphatic heterocycles. The molecule has 4 aliphatic rings. The quantitative estimate of drug-likeness (QED) is 0.0513. The Morgan fingerprint density at radius 3 is 1.09 bits per heavy atom. The second kappa shape index (κ2) is 34.0. The Balaban J connectivity index is 0.000000119. The predicted molar refractivity (Wildman–Crippen MR) is 475 cm³/mol. The number of likely N-dealkylation sites (tertiary alicyclic amines) is 2. The van der Waals surface area contributed by atoms with E-state index < -0.39 is 25.6 Å². The number of carbonyl (C=O) groups excluding carboxylic acids is 3. The van der Waals surface area contributed by atoms with Gasteiger partial charge in [-0.1, -0.05) is 66.2 Å². The summed E-state index contributed by atoms with van der Waals surface area (Å²) in [4.78, 5) is 105. The number of hydrogen-bond acceptors (Lipinski definition) is 25. The second-order valence-corrected chi connectivity index (χ2v) is 37.1. The van der Waals surface area contributed by atoms with E-state index in [0.717, 1.165) is 106 Å². The number of methoxy groups -OCH3 is 1.